The maximum absolute atomic E-state index is 13.0. The maximum Gasteiger partial charge on any atom is 0.254 e. The molecule has 1 N–H and O–H groups in total. The van der Waals surface area contributed by atoms with E-state index in [0.717, 1.165) is 5.56 Å². The number of halogens is 2. The monoisotopic (exact) mass is 371 g/mol. The van der Waals surface area contributed by atoms with E-state index in [-0.39, 0.29) is 23.8 Å². The number of hydrogen-bond donors (Lipinski definition) is 1. The fraction of sp³-hybridized carbons (Fsp3) is 0.105. The lowest BCUT2D eigenvalue weighted by atomic mass is 10.1. The average molecular weight is 372 g/mol. The van der Waals surface area contributed by atoms with Gasteiger partial charge in [0.2, 0.25) is 5.91 Å². The van der Waals surface area contributed by atoms with Crippen molar-refractivity contribution < 1.29 is 9.18 Å². The summed E-state index contributed by atoms with van der Waals surface area (Å²) in [5.74, 6) is -0.733. The third-order valence-corrected chi connectivity index (χ3v) is 4.28. The zero-order valence-corrected chi connectivity index (χ0v) is 14.6. The van der Waals surface area contributed by atoms with Gasteiger partial charge in [-0.1, -0.05) is 17.7 Å². The van der Waals surface area contributed by atoms with Gasteiger partial charge in [0.15, 0.2) is 0 Å². The Labute approximate surface area is 154 Å². The van der Waals surface area contributed by atoms with E-state index in [1.165, 1.54) is 41.2 Å². The van der Waals surface area contributed by atoms with Crippen molar-refractivity contribution in [2.45, 2.75) is 13.5 Å². The maximum atomic E-state index is 13.0. The molecule has 1 heterocycles. The molecule has 3 aromatic rings. The topological polar surface area (TPSA) is 64.0 Å². The van der Waals surface area contributed by atoms with Crippen molar-refractivity contribution in [1.29, 1.82) is 0 Å². The summed E-state index contributed by atoms with van der Waals surface area (Å²) in [4.78, 5) is 28.6. The van der Waals surface area contributed by atoms with Gasteiger partial charge in [0.05, 0.1) is 12.0 Å². The number of rotatable bonds is 4. The number of aromatic nitrogens is 2. The third-order valence-electron chi connectivity index (χ3n) is 3.88. The van der Waals surface area contributed by atoms with Crippen molar-refractivity contribution in [3.05, 3.63) is 81.6 Å². The smallest absolute Gasteiger partial charge is 0.254 e. The van der Waals surface area contributed by atoms with Crippen molar-refractivity contribution >= 4 is 23.2 Å². The van der Waals surface area contributed by atoms with E-state index < -0.39 is 0 Å². The minimum Gasteiger partial charge on any atom is -0.324 e. The lowest BCUT2D eigenvalue weighted by Crippen LogP contribution is -2.27. The third kappa shape index (κ3) is 3.97. The Morgan fingerprint density at radius 2 is 1.96 bits per heavy atom. The second kappa shape index (κ2) is 7.49. The van der Waals surface area contributed by atoms with E-state index >= 15 is 0 Å². The van der Waals surface area contributed by atoms with Crippen molar-refractivity contribution in [3.63, 3.8) is 0 Å². The molecule has 132 valence electrons. The molecule has 0 saturated heterocycles. The minimum absolute atomic E-state index is 0.179. The number of hydrogen-bond acceptors (Lipinski definition) is 3. The molecular weight excluding hydrogens is 357 g/mol. The Kier molecular flexibility index (Phi) is 5.14. The lowest BCUT2D eigenvalue weighted by Gasteiger charge is -2.10. The van der Waals surface area contributed by atoms with Crippen LogP contribution < -0.4 is 10.9 Å². The molecule has 0 aliphatic rings. The van der Waals surface area contributed by atoms with Crippen LogP contribution in [0.1, 0.15) is 5.56 Å². The van der Waals surface area contributed by atoms with Gasteiger partial charge >= 0.3 is 0 Å². The molecule has 1 amide bonds. The number of benzene rings is 2. The van der Waals surface area contributed by atoms with Crippen LogP contribution in [0.3, 0.4) is 0 Å². The molecule has 5 nitrogen and oxygen atoms in total. The Bertz CT molecular complexity index is 1020. The molecule has 26 heavy (non-hydrogen) atoms. The average Bonchev–Trinajstić information content (AvgIpc) is 2.61. The Balaban J connectivity index is 1.76. The first kappa shape index (κ1) is 17.8. The molecular formula is C19H15ClFN3O2. The molecule has 0 aliphatic carbocycles. The van der Waals surface area contributed by atoms with Crippen LogP contribution in [-0.4, -0.2) is 15.5 Å². The van der Waals surface area contributed by atoms with Gasteiger partial charge in [-0.15, -0.1) is 0 Å². The summed E-state index contributed by atoms with van der Waals surface area (Å²) < 4.78 is 14.2. The number of carbonyl (C=O) groups excluding carboxylic acids is 1. The summed E-state index contributed by atoms with van der Waals surface area (Å²) in [5, 5.41) is 3.27. The van der Waals surface area contributed by atoms with Crippen LogP contribution in [0.5, 0.6) is 0 Å². The standard InChI is InChI=1S/C19H15ClFN3O2/c1-12-15(20)3-2-4-16(12)23-18(25)10-24-11-22-17(9-19(24)26)13-5-7-14(21)8-6-13/h2-9,11H,10H2,1H3,(H,23,25). The highest BCUT2D eigenvalue weighted by molar-refractivity contribution is 6.31. The number of carbonyl (C=O) groups is 1. The van der Waals surface area contributed by atoms with Crippen LogP contribution in [0, 0.1) is 12.7 Å². The fourth-order valence-corrected chi connectivity index (χ4v) is 2.59. The Morgan fingerprint density at radius 1 is 1.23 bits per heavy atom. The van der Waals surface area contributed by atoms with E-state index in [1.54, 1.807) is 25.1 Å². The summed E-state index contributed by atoms with van der Waals surface area (Å²) in [6.45, 7) is 1.62. The SMILES string of the molecule is Cc1c(Cl)cccc1NC(=O)Cn1cnc(-c2ccc(F)cc2)cc1=O. The van der Waals surface area contributed by atoms with Gasteiger partial charge in [0, 0.05) is 22.3 Å². The predicted octanol–water partition coefficient (Wildman–Crippen LogP) is 3.65. The first-order valence-electron chi connectivity index (χ1n) is 7.81. The van der Waals surface area contributed by atoms with Gasteiger partial charge in [-0.25, -0.2) is 9.37 Å². The molecule has 0 spiro atoms. The van der Waals surface area contributed by atoms with Crippen molar-refractivity contribution in [3.8, 4) is 11.3 Å². The van der Waals surface area contributed by atoms with Crippen molar-refractivity contribution in [2.75, 3.05) is 5.32 Å². The van der Waals surface area contributed by atoms with Gasteiger partial charge < -0.3 is 5.32 Å². The number of amides is 1. The van der Waals surface area contributed by atoms with Crippen LogP contribution in [0.4, 0.5) is 10.1 Å². The van der Waals surface area contributed by atoms with Crippen LogP contribution in [-0.2, 0) is 11.3 Å². The van der Waals surface area contributed by atoms with Crippen molar-refractivity contribution in [2.24, 2.45) is 0 Å². The Morgan fingerprint density at radius 3 is 2.65 bits per heavy atom. The quantitative estimate of drug-likeness (QED) is 0.761. The van der Waals surface area contributed by atoms with Gasteiger partial charge in [0.1, 0.15) is 12.4 Å². The molecule has 0 atom stereocenters. The zero-order valence-electron chi connectivity index (χ0n) is 13.9. The van der Waals surface area contributed by atoms with E-state index in [0.29, 0.717) is 22.0 Å². The number of nitrogens with one attached hydrogen (secondary N) is 1. The first-order valence-corrected chi connectivity index (χ1v) is 8.19. The molecule has 7 heteroatoms. The van der Waals surface area contributed by atoms with Gasteiger partial charge in [-0.3, -0.25) is 14.2 Å². The first-order chi connectivity index (χ1) is 12.4. The van der Waals surface area contributed by atoms with Crippen LogP contribution in [0.2, 0.25) is 5.02 Å². The molecule has 0 radical (unpaired) electrons. The number of anilines is 1. The minimum atomic E-state index is -0.378. The van der Waals surface area contributed by atoms with Crippen LogP contribution in [0.25, 0.3) is 11.3 Å². The molecule has 2 aromatic carbocycles. The second-order valence-electron chi connectivity index (χ2n) is 5.71. The molecule has 0 unspecified atom stereocenters. The largest absolute Gasteiger partial charge is 0.324 e. The second-order valence-corrected chi connectivity index (χ2v) is 6.11. The highest BCUT2D eigenvalue weighted by Gasteiger charge is 2.10. The van der Waals surface area contributed by atoms with E-state index in [9.17, 15) is 14.0 Å². The fourth-order valence-electron chi connectivity index (χ4n) is 2.41. The van der Waals surface area contributed by atoms with Gasteiger partial charge in [0.25, 0.3) is 5.56 Å². The molecule has 0 aliphatic heterocycles. The van der Waals surface area contributed by atoms with Crippen LogP contribution >= 0.6 is 11.6 Å². The molecule has 0 bridgehead atoms. The normalized spacial score (nSPS) is 10.6. The highest BCUT2D eigenvalue weighted by Crippen LogP contribution is 2.22. The zero-order chi connectivity index (χ0) is 18.7. The molecule has 0 fully saturated rings. The molecule has 0 saturated carbocycles. The number of nitrogens with zero attached hydrogens (tertiary/aromatic N) is 2. The predicted molar refractivity (Wildman–Crippen MR) is 98.7 cm³/mol. The lowest BCUT2D eigenvalue weighted by molar-refractivity contribution is -0.116. The molecule has 1 aromatic heterocycles. The van der Waals surface area contributed by atoms with E-state index in [1.807, 2.05) is 0 Å². The van der Waals surface area contributed by atoms with Gasteiger partial charge in [-0.2, -0.15) is 0 Å². The van der Waals surface area contributed by atoms with E-state index in [4.69, 9.17) is 11.6 Å². The Hall–Kier alpha value is -2.99. The van der Waals surface area contributed by atoms with E-state index in [2.05, 4.69) is 10.3 Å². The summed E-state index contributed by atoms with van der Waals surface area (Å²) >= 11 is 6.03. The summed E-state index contributed by atoms with van der Waals surface area (Å²) in [6.07, 6.45) is 1.30. The van der Waals surface area contributed by atoms with Crippen LogP contribution in [0.15, 0.2) is 59.7 Å². The summed E-state index contributed by atoms with van der Waals surface area (Å²) in [6, 6.07) is 12.2. The highest BCUT2D eigenvalue weighted by atomic mass is 35.5. The molecule has 3 rings (SSSR count). The summed E-state index contributed by atoms with van der Waals surface area (Å²) in [5.41, 5.74) is 2.00. The summed E-state index contributed by atoms with van der Waals surface area (Å²) in [7, 11) is 0. The van der Waals surface area contributed by atoms with Gasteiger partial charge in [-0.05, 0) is 48.9 Å². The van der Waals surface area contributed by atoms with Crippen molar-refractivity contribution in [1.82, 2.24) is 9.55 Å².